The molecule has 2 aromatic carbocycles. The molecule has 3 aromatic rings. The molecule has 18 heavy (non-hydrogen) atoms. The van der Waals surface area contributed by atoms with Crippen LogP contribution in [0.25, 0.3) is 22.2 Å². The van der Waals surface area contributed by atoms with Gasteiger partial charge in [-0.1, -0.05) is 49.9 Å². The molecule has 3 rings (SSSR count). The first-order valence-electron chi connectivity index (χ1n) is 5.49. The summed E-state index contributed by atoms with van der Waals surface area (Å²) in [4.78, 5) is 4.55. The van der Waals surface area contributed by atoms with Crippen molar-refractivity contribution in [2.45, 2.75) is 7.43 Å². The zero-order chi connectivity index (χ0) is 11.7. The van der Waals surface area contributed by atoms with Gasteiger partial charge in [-0.05, 0) is 12.1 Å². The van der Waals surface area contributed by atoms with Crippen molar-refractivity contribution in [2.24, 2.45) is 0 Å². The van der Waals surface area contributed by atoms with Crippen LogP contribution in [-0.2, 0) is 0 Å². The molecule has 90 valence electrons. The molecule has 0 saturated carbocycles. The van der Waals surface area contributed by atoms with Crippen molar-refractivity contribution in [3.8, 4) is 17.0 Å². The number of aromatic hydroxyl groups is 1. The standard InChI is InChI=1S/C15H11NO.CH4/c17-15-10-14(11-6-2-1-3-7-11)16-13-9-5-4-8-12(13)15;/h1-10H,(H,16,17);1H4. The summed E-state index contributed by atoms with van der Waals surface area (Å²) >= 11 is 0. The van der Waals surface area contributed by atoms with Gasteiger partial charge in [-0.3, -0.25) is 0 Å². The molecule has 2 heteroatoms. The molecule has 0 radical (unpaired) electrons. The van der Waals surface area contributed by atoms with E-state index in [0.717, 1.165) is 22.2 Å². The summed E-state index contributed by atoms with van der Waals surface area (Å²) in [5.74, 6) is 0.273. The Hall–Kier alpha value is -2.35. The first-order valence-corrected chi connectivity index (χ1v) is 5.49. The van der Waals surface area contributed by atoms with Gasteiger partial charge in [-0.25, -0.2) is 4.98 Å². The third-order valence-corrected chi connectivity index (χ3v) is 2.76. The molecule has 2 nitrogen and oxygen atoms in total. The molecule has 0 unspecified atom stereocenters. The average Bonchev–Trinajstić information content (AvgIpc) is 2.40. The molecular weight excluding hydrogens is 222 g/mol. The van der Waals surface area contributed by atoms with E-state index in [2.05, 4.69) is 4.98 Å². The molecule has 0 atom stereocenters. The second kappa shape index (κ2) is 4.88. The Kier molecular flexibility index (Phi) is 3.28. The van der Waals surface area contributed by atoms with Crippen LogP contribution in [0.1, 0.15) is 7.43 Å². The summed E-state index contributed by atoms with van der Waals surface area (Å²) in [6, 6.07) is 19.1. The molecule has 0 bridgehead atoms. The SMILES string of the molecule is C.Oc1cc(-c2ccccc2)nc2ccccc12. The Morgan fingerprint density at radius 2 is 1.50 bits per heavy atom. The minimum absolute atomic E-state index is 0. The Labute approximate surface area is 107 Å². The summed E-state index contributed by atoms with van der Waals surface area (Å²) < 4.78 is 0. The van der Waals surface area contributed by atoms with Crippen LogP contribution < -0.4 is 0 Å². The maximum absolute atomic E-state index is 9.97. The average molecular weight is 237 g/mol. The molecule has 1 heterocycles. The smallest absolute Gasteiger partial charge is 0.127 e. The topological polar surface area (TPSA) is 33.1 Å². The fraction of sp³-hybridized carbons (Fsp3) is 0.0625. The lowest BCUT2D eigenvalue weighted by molar-refractivity contribution is 0.481. The fourth-order valence-corrected chi connectivity index (χ4v) is 1.91. The van der Waals surface area contributed by atoms with Gasteiger partial charge in [0.15, 0.2) is 0 Å². The van der Waals surface area contributed by atoms with Gasteiger partial charge >= 0.3 is 0 Å². The van der Waals surface area contributed by atoms with E-state index in [9.17, 15) is 5.11 Å². The highest BCUT2D eigenvalue weighted by atomic mass is 16.3. The van der Waals surface area contributed by atoms with Crippen molar-refractivity contribution in [1.29, 1.82) is 0 Å². The van der Waals surface area contributed by atoms with E-state index in [0.29, 0.717) is 0 Å². The van der Waals surface area contributed by atoms with Gasteiger partial charge in [-0.2, -0.15) is 0 Å². The molecule has 1 aromatic heterocycles. The molecule has 1 N–H and O–H groups in total. The van der Waals surface area contributed by atoms with Crippen molar-refractivity contribution in [1.82, 2.24) is 4.98 Å². The number of rotatable bonds is 1. The van der Waals surface area contributed by atoms with Crippen molar-refractivity contribution >= 4 is 10.9 Å². The number of nitrogens with zero attached hydrogens (tertiary/aromatic N) is 1. The molecule has 0 amide bonds. The van der Waals surface area contributed by atoms with Gasteiger partial charge in [0, 0.05) is 17.0 Å². The van der Waals surface area contributed by atoms with Gasteiger partial charge < -0.3 is 5.11 Å². The summed E-state index contributed by atoms with van der Waals surface area (Å²) in [7, 11) is 0. The first-order chi connectivity index (χ1) is 8.34. The van der Waals surface area contributed by atoms with E-state index in [1.807, 2.05) is 54.6 Å². The molecule has 0 aliphatic heterocycles. The highest BCUT2D eigenvalue weighted by Gasteiger charge is 2.05. The number of aromatic nitrogens is 1. The van der Waals surface area contributed by atoms with Crippen LogP contribution in [0.4, 0.5) is 0 Å². The molecule has 0 aliphatic rings. The predicted octanol–water partition coefficient (Wildman–Crippen LogP) is 4.24. The van der Waals surface area contributed by atoms with E-state index in [1.54, 1.807) is 6.07 Å². The van der Waals surface area contributed by atoms with Gasteiger partial charge in [0.2, 0.25) is 0 Å². The zero-order valence-electron chi connectivity index (χ0n) is 9.17. The molecule has 0 fully saturated rings. The summed E-state index contributed by atoms with van der Waals surface area (Å²) in [5.41, 5.74) is 2.61. The number of fused-ring (bicyclic) bond motifs is 1. The number of hydrogen-bond acceptors (Lipinski definition) is 2. The number of hydrogen-bond donors (Lipinski definition) is 1. The lowest BCUT2D eigenvalue weighted by atomic mass is 10.1. The van der Waals surface area contributed by atoms with Crippen LogP contribution in [-0.4, -0.2) is 10.1 Å². The Bertz CT molecular complexity index is 662. The lowest BCUT2D eigenvalue weighted by Gasteiger charge is -2.05. The van der Waals surface area contributed by atoms with Gasteiger partial charge in [0.05, 0.1) is 11.2 Å². The van der Waals surface area contributed by atoms with Gasteiger partial charge in [-0.15, -0.1) is 0 Å². The second-order valence-electron chi connectivity index (χ2n) is 3.91. The Morgan fingerprint density at radius 3 is 2.28 bits per heavy atom. The third-order valence-electron chi connectivity index (χ3n) is 2.76. The molecular formula is C16H15NO. The number of benzene rings is 2. The third kappa shape index (κ3) is 2.05. The fourth-order valence-electron chi connectivity index (χ4n) is 1.91. The predicted molar refractivity (Wildman–Crippen MR) is 75.6 cm³/mol. The zero-order valence-corrected chi connectivity index (χ0v) is 9.17. The molecule has 0 aliphatic carbocycles. The van der Waals surface area contributed by atoms with E-state index in [-0.39, 0.29) is 13.2 Å². The van der Waals surface area contributed by atoms with Crippen LogP contribution in [0.2, 0.25) is 0 Å². The normalized spacial score (nSPS) is 10.0. The molecule has 0 spiro atoms. The number of pyridine rings is 1. The van der Waals surface area contributed by atoms with E-state index < -0.39 is 0 Å². The maximum Gasteiger partial charge on any atom is 0.127 e. The van der Waals surface area contributed by atoms with Gasteiger partial charge in [0.25, 0.3) is 0 Å². The van der Waals surface area contributed by atoms with E-state index in [1.165, 1.54) is 0 Å². The quantitative estimate of drug-likeness (QED) is 0.686. The van der Waals surface area contributed by atoms with Crippen molar-refractivity contribution < 1.29 is 5.11 Å². The Balaban J connectivity index is 0.00000120. The monoisotopic (exact) mass is 237 g/mol. The van der Waals surface area contributed by atoms with Crippen LogP contribution in [0.15, 0.2) is 60.7 Å². The van der Waals surface area contributed by atoms with Crippen molar-refractivity contribution in [2.75, 3.05) is 0 Å². The van der Waals surface area contributed by atoms with Crippen molar-refractivity contribution in [3.05, 3.63) is 60.7 Å². The van der Waals surface area contributed by atoms with Crippen LogP contribution in [0, 0.1) is 0 Å². The summed E-state index contributed by atoms with van der Waals surface area (Å²) in [5, 5.41) is 10.8. The minimum Gasteiger partial charge on any atom is -0.507 e. The number of para-hydroxylation sites is 1. The first kappa shape index (κ1) is 12.1. The highest BCUT2D eigenvalue weighted by molar-refractivity contribution is 5.87. The van der Waals surface area contributed by atoms with Crippen LogP contribution in [0.3, 0.4) is 0 Å². The largest absolute Gasteiger partial charge is 0.507 e. The lowest BCUT2D eigenvalue weighted by Crippen LogP contribution is -1.85. The maximum atomic E-state index is 9.97. The molecule has 0 saturated heterocycles. The van der Waals surface area contributed by atoms with E-state index in [4.69, 9.17) is 0 Å². The summed E-state index contributed by atoms with van der Waals surface area (Å²) in [6.07, 6.45) is 0. The second-order valence-corrected chi connectivity index (χ2v) is 3.91. The Morgan fingerprint density at radius 1 is 0.833 bits per heavy atom. The van der Waals surface area contributed by atoms with E-state index >= 15 is 0 Å². The minimum atomic E-state index is 0. The van der Waals surface area contributed by atoms with Crippen LogP contribution in [0.5, 0.6) is 5.75 Å². The van der Waals surface area contributed by atoms with Gasteiger partial charge in [0.1, 0.15) is 5.75 Å². The van der Waals surface area contributed by atoms with Crippen LogP contribution >= 0.6 is 0 Å². The van der Waals surface area contributed by atoms with Crippen molar-refractivity contribution in [3.63, 3.8) is 0 Å². The highest BCUT2D eigenvalue weighted by Crippen LogP contribution is 2.28. The summed E-state index contributed by atoms with van der Waals surface area (Å²) in [6.45, 7) is 0.